The number of carbonyl (C=O) groups is 1. The highest BCUT2D eigenvalue weighted by atomic mass is 19.1. The van der Waals surface area contributed by atoms with Gasteiger partial charge >= 0.3 is 6.03 Å². The van der Waals surface area contributed by atoms with Crippen LogP contribution in [0.3, 0.4) is 0 Å². The zero-order valence-corrected chi connectivity index (χ0v) is 18.8. The van der Waals surface area contributed by atoms with Crippen molar-refractivity contribution in [1.82, 2.24) is 15.3 Å². The van der Waals surface area contributed by atoms with Gasteiger partial charge in [-0.2, -0.15) is 0 Å². The zero-order valence-electron chi connectivity index (χ0n) is 18.8. The highest BCUT2D eigenvalue weighted by molar-refractivity contribution is 5.91. The van der Waals surface area contributed by atoms with E-state index >= 15 is 0 Å². The van der Waals surface area contributed by atoms with E-state index in [9.17, 15) is 13.6 Å². The number of nitrogens with zero attached hydrogens (tertiary/aromatic N) is 2. The van der Waals surface area contributed by atoms with E-state index in [4.69, 9.17) is 4.74 Å². The molecular formula is C23H27F2N5O2. The van der Waals surface area contributed by atoms with Crippen LogP contribution in [-0.2, 0) is 4.74 Å². The molecule has 0 aliphatic rings. The van der Waals surface area contributed by atoms with Crippen LogP contribution in [0.5, 0.6) is 0 Å². The summed E-state index contributed by atoms with van der Waals surface area (Å²) >= 11 is 0. The molecule has 0 saturated heterocycles. The molecule has 0 fully saturated rings. The summed E-state index contributed by atoms with van der Waals surface area (Å²) in [6.07, 6.45) is 2.20. The summed E-state index contributed by atoms with van der Waals surface area (Å²) in [5.41, 5.74) is 1.35. The second kappa shape index (κ2) is 9.44. The molecule has 170 valence electrons. The number of nitrogens with one attached hydrogen (secondary N) is 3. The Morgan fingerprint density at radius 2 is 1.88 bits per heavy atom. The second-order valence-electron chi connectivity index (χ2n) is 8.04. The lowest BCUT2D eigenvalue weighted by atomic mass is 10.0. The molecule has 2 heterocycles. The van der Waals surface area contributed by atoms with Crippen LogP contribution in [0.1, 0.15) is 26.0 Å². The van der Waals surface area contributed by atoms with Gasteiger partial charge in [-0.3, -0.25) is 4.98 Å². The number of carbonyl (C=O) groups excluding carboxylic acids is 1. The highest BCUT2D eigenvalue weighted by Gasteiger charge is 2.18. The maximum absolute atomic E-state index is 14.7. The molecule has 0 radical (unpaired) electrons. The van der Waals surface area contributed by atoms with Crippen molar-refractivity contribution in [3.63, 3.8) is 0 Å². The molecule has 32 heavy (non-hydrogen) atoms. The van der Waals surface area contributed by atoms with Crippen molar-refractivity contribution in [2.45, 2.75) is 32.8 Å². The van der Waals surface area contributed by atoms with E-state index in [0.717, 1.165) is 6.07 Å². The molecule has 3 aromatic rings. The molecule has 2 aromatic heterocycles. The van der Waals surface area contributed by atoms with E-state index in [1.165, 1.54) is 6.07 Å². The Kier molecular flexibility index (Phi) is 6.88. The molecule has 0 unspecified atom stereocenters. The minimum absolute atomic E-state index is 0.131. The number of hydrogen-bond acceptors (Lipinski definition) is 5. The van der Waals surface area contributed by atoms with Gasteiger partial charge in [0.2, 0.25) is 0 Å². The third-order valence-electron chi connectivity index (χ3n) is 5.31. The Labute approximate surface area is 185 Å². The maximum Gasteiger partial charge on any atom is 0.319 e. The average molecular weight is 443 g/mol. The van der Waals surface area contributed by atoms with Crippen LogP contribution >= 0.6 is 0 Å². The summed E-state index contributed by atoms with van der Waals surface area (Å²) in [5.74, 6) is -0.957. The molecular weight excluding hydrogens is 416 g/mol. The summed E-state index contributed by atoms with van der Waals surface area (Å²) < 4.78 is 34.4. The normalized spacial score (nSPS) is 11.5. The number of urea groups is 1. The summed E-state index contributed by atoms with van der Waals surface area (Å²) in [4.78, 5) is 21.0. The number of amides is 2. The molecule has 0 atom stereocenters. The zero-order chi connectivity index (χ0) is 23.5. The van der Waals surface area contributed by atoms with Crippen LogP contribution in [0.4, 0.5) is 25.1 Å². The van der Waals surface area contributed by atoms with Gasteiger partial charge < -0.3 is 20.7 Å². The highest BCUT2D eigenvalue weighted by Crippen LogP contribution is 2.32. The number of ether oxygens (including phenoxy) is 1. The Balaban J connectivity index is 1.87. The standard InChI is InChI=1S/C23H27F2N5O2/c1-13-15(8-14-12-28-21(26-4)11-19(14)29-13)16-9-20(18(25)10-17(16)24)30-22(31)27-7-6-23(2,3)32-5/h8-12H,6-7H2,1-5H3,(H,26,28)(H2,27,30,31). The second-order valence-corrected chi connectivity index (χ2v) is 8.04. The lowest BCUT2D eigenvalue weighted by Gasteiger charge is -2.22. The van der Waals surface area contributed by atoms with E-state index in [0.29, 0.717) is 40.9 Å². The summed E-state index contributed by atoms with van der Waals surface area (Å²) in [7, 11) is 3.35. The fraction of sp³-hybridized carbons (Fsp3) is 0.348. The van der Waals surface area contributed by atoms with Crippen molar-refractivity contribution >= 4 is 28.4 Å². The fourth-order valence-corrected chi connectivity index (χ4v) is 3.17. The fourth-order valence-electron chi connectivity index (χ4n) is 3.17. The number of hydrogen-bond donors (Lipinski definition) is 3. The van der Waals surface area contributed by atoms with Crippen LogP contribution < -0.4 is 16.0 Å². The SMILES string of the molecule is CNc1cc2nc(C)c(-c3cc(NC(=O)NCCC(C)(C)OC)c(F)cc3F)cc2cn1. The number of aromatic nitrogens is 2. The van der Waals surface area contributed by atoms with Crippen LogP contribution in [0.25, 0.3) is 22.0 Å². The van der Waals surface area contributed by atoms with Gasteiger partial charge in [0.15, 0.2) is 0 Å². The van der Waals surface area contributed by atoms with Crippen molar-refractivity contribution in [3.05, 3.63) is 47.8 Å². The van der Waals surface area contributed by atoms with Gasteiger partial charge in [-0.1, -0.05) is 0 Å². The van der Waals surface area contributed by atoms with Gasteiger partial charge in [-0.15, -0.1) is 0 Å². The van der Waals surface area contributed by atoms with Gasteiger partial charge in [0.25, 0.3) is 0 Å². The van der Waals surface area contributed by atoms with E-state index in [-0.39, 0.29) is 11.3 Å². The van der Waals surface area contributed by atoms with Crippen molar-refractivity contribution < 1.29 is 18.3 Å². The van der Waals surface area contributed by atoms with Gasteiger partial charge in [0, 0.05) is 61.2 Å². The number of anilines is 2. The Bertz CT molecular complexity index is 1150. The Morgan fingerprint density at radius 1 is 1.12 bits per heavy atom. The molecule has 0 spiro atoms. The first-order valence-electron chi connectivity index (χ1n) is 10.2. The molecule has 7 nitrogen and oxygen atoms in total. The molecule has 3 N–H and O–H groups in total. The summed E-state index contributed by atoms with van der Waals surface area (Å²) in [6.45, 7) is 5.87. The van der Waals surface area contributed by atoms with Gasteiger partial charge in [-0.25, -0.2) is 18.6 Å². The van der Waals surface area contributed by atoms with Crippen LogP contribution in [0.15, 0.2) is 30.5 Å². The number of rotatable bonds is 7. The third kappa shape index (κ3) is 5.28. The number of fused-ring (bicyclic) bond motifs is 1. The molecule has 0 bridgehead atoms. The van der Waals surface area contributed by atoms with Crippen LogP contribution in [0.2, 0.25) is 0 Å². The number of pyridine rings is 2. The van der Waals surface area contributed by atoms with Gasteiger partial charge in [0.05, 0.1) is 16.8 Å². The van der Waals surface area contributed by atoms with Gasteiger partial charge in [0.1, 0.15) is 17.5 Å². The number of halogens is 2. The number of methoxy groups -OCH3 is 1. The number of benzene rings is 1. The average Bonchev–Trinajstić information content (AvgIpc) is 2.74. The minimum Gasteiger partial charge on any atom is -0.379 e. The molecule has 2 amide bonds. The van der Waals surface area contributed by atoms with Crippen molar-refractivity contribution in [2.24, 2.45) is 0 Å². The monoisotopic (exact) mass is 443 g/mol. The molecule has 0 aliphatic carbocycles. The third-order valence-corrected chi connectivity index (χ3v) is 5.31. The van der Waals surface area contributed by atoms with E-state index in [2.05, 4.69) is 25.9 Å². The topological polar surface area (TPSA) is 88.2 Å². The predicted octanol–water partition coefficient (Wildman–Crippen LogP) is 4.86. The minimum atomic E-state index is -0.870. The van der Waals surface area contributed by atoms with Gasteiger partial charge in [-0.05, 0) is 39.3 Å². The number of aryl methyl sites for hydroxylation is 1. The largest absolute Gasteiger partial charge is 0.379 e. The molecule has 3 rings (SSSR count). The van der Waals surface area contributed by atoms with Crippen LogP contribution in [-0.4, -0.2) is 42.3 Å². The first-order chi connectivity index (χ1) is 15.1. The van der Waals surface area contributed by atoms with E-state index < -0.39 is 23.3 Å². The lowest BCUT2D eigenvalue weighted by molar-refractivity contribution is 0.0165. The summed E-state index contributed by atoms with van der Waals surface area (Å²) in [6, 6.07) is 4.97. The molecule has 1 aromatic carbocycles. The Hall–Kier alpha value is -3.33. The first-order valence-corrected chi connectivity index (χ1v) is 10.2. The lowest BCUT2D eigenvalue weighted by Crippen LogP contribution is -2.34. The molecule has 0 aliphatic heterocycles. The first kappa shape index (κ1) is 23.3. The van der Waals surface area contributed by atoms with Crippen LogP contribution in [0, 0.1) is 18.6 Å². The molecule has 0 saturated carbocycles. The van der Waals surface area contributed by atoms with Crippen molar-refractivity contribution in [3.8, 4) is 11.1 Å². The van der Waals surface area contributed by atoms with Crippen molar-refractivity contribution in [2.75, 3.05) is 31.3 Å². The van der Waals surface area contributed by atoms with Crippen molar-refractivity contribution in [1.29, 1.82) is 0 Å². The van der Waals surface area contributed by atoms with E-state index in [1.54, 1.807) is 39.4 Å². The summed E-state index contributed by atoms with van der Waals surface area (Å²) in [5, 5.41) is 8.76. The molecule has 9 heteroatoms. The predicted molar refractivity (Wildman–Crippen MR) is 122 cm³/mol. The smallest absolute Gasteiger partial charge is 0.319 e. The van der Waals surface area contributed by atoms with E-state index in [1.807, 2.05) is 13.8 Å². The quantitative estimate of drug-likeness (QED) is 0.485. The Morgan fingerprint density at radius 3 is 2.56 bits per heavy atom. The maximum atomic E-state index is 14.7.